The number of amides is 1. The average Bonchev–Trinajstić information content (AvgIpc) is 3.20. The van der Waals surface area contributed by atoms with Gasteiger partial charge in [-0.2, -0.15) is 0 Å². The van der Waals surface area contributed by atoms with Gasteiger partial charge in [0.25, 0.3) is 5.91 Å². The van der Waals surface area contributed by atoms with Gasteiger partial charge in [0.1, 0.15) is 12.4 Å². The normalized spacial score (nSPS) is 14.5. The Bertz CT molecular complexity index is 939. The molecule has 150 valence electrons. The zero-order chi connectivity index (χ0) is 19.9. The molecular weight excluding hydrogens is 386 g/mol. The van der Waals surface area contributed by atoms with E-state index < -0.39 is 0 Å². The highest BCUT2D eigenvalue weighted by Crippen LogP contribution is 2.20. The van der Waals surface area contributed by atoms with Gasteiger partial charge in [-0.15, -0.1) is 11.3 Å². The second kappa shape index (κ2) is 9.65. The number of thiazole rings is 1. The number of carbonyl (C=O) groups is 1. The van der Waals surface area contributed by atoms with Crippen molar-refractivity contribution in [3.8, 4) is 5.75 Å². The molecule has 0 atom stereocenters. The number of anilines is 1. The Balaban J connectivity index is 1.38. The molecule has 1 aromatic heterocycles. The Morgan fingerprint density at radius 1 is 1.10 bits per heavy atom. The number of nitrogens with zero attached hydrogens (tertiary/aromatic N) is 2. The van der Waals surface area contributed by atoms with E-state index >= 15 is 0 Å². The summed E-state index contributed by atoms with van der Waals surface area (Å²) in [5, 5.41) is 5.53. The van der Waals surface area contributed by atoms with E-state index in [0.717, 1.165) is 49.9 Å². The number of para-hydroxylation sites is 1. The minimum absolute atomic E-state index is 0.176. The fourth-order valence-corrected chi connectivity index (χ4v) is 3.83. The summed E-state index contributed by atoms with van der Waals surface area (Å²) in [5.41, 5.74) is 2.39. The van der Waals surface area contributed by atoms with Gasteiger partial charge in [-0.3, -0.25) is 15.0 Å². The van der Waals surface area contributed by atoms with Crippen LogP contribution in [-0.4, -0.2) is 42.1 Å². The standard InChI is InChI=1S/C22H23N3O3S/c26-21(24-22-23-18(16-29-22)14-25-10-12-27-13-11-25)20-9-5-4-6-17(20)15-28-19-7-2-1-3-8-19/h1-9,16H,10-15H2,(H,23,24,26). The molecular formula is C22H23N3O3S. The Labute approximate surface area is 174 Å². The number of hydrogen-bond donors (Lipinski definition) is 1. The molecule has 0 spiro atoms. The van der Waals surface area contributed by atoms with Gasteiger partial charge in [-0.05, 0) is 18.2 Å². The van der Waals surface area contributed by atoms with Crippen molar-refractivity contribution in [2.75, 3.05) is 31.6 Å². The lowest BCUT2D eigenvalue weighted by atomic mass is 10.1. The van der Waals surface area contributed by atoms with Crippen molar-refractivity contribution in [3.05, 3.63) is 76.8 Å². The van der Waals surface area contributed by atoms with Gasteiger partial charge >= 0.3 is 0 Å². The molecule has 0 radical (unpaired) electrons. The topological polar surface area (TPSA) is 63.7 Å². The summed E-state index contributed by atoms with van der Waals surface area (Å²) in [6.07, 6.45) is 0. The van der Waals surface area contributed by atoms with Crippen LogP contribution in [-0.2, 0) is 17.9 Å². The molecule has 0 saturated carbocycles. The molecule has 3 aromatic rings. The number of ether oxygens (including phenoxy) is 2. The average molecular weight is 410 g/mol. The second-order valence-corrected chi connectivity index (χ2v) is 7.60. The molecule has 1 saturated heterocycles. The molecule has 1 amide bonds. The number of benzene rings is 2. The van der Waals surface area contributed by atoms with E-state index in [2.05, 4.69) is 15.2 Å². The van der Waals surface area contributed by atoms with E-state index in [4.69, 9.17) is 9.47 Å². The summed E-state index contributed by atoms with van der Waals surface area (Å²) in [6, 6.07) is 17.1. The van der Waals surface area contributed by atoms with Crippen LogP contribution in [0.1, 0.15) is 21.6 Å². The van der Waals surface area contributed by atoms with Gasteiger partial charge in [0, 0.05) is 36.1 Å². The van der Waals surface area contributed by atoms with Gasteiger partial charge in [0.05, 0.1) is 18.9 Å². The molecule has 7 heteroatoms. The molecule has 1 N–H and O–H groups in total. The first-order valence-electron chi connectivity index (χ1n) is 9.59. The van der Waals surface area contributed by atoms with Crippen LogP contribution < -0.4 is 10.1 Å². The fourth-order valence-electron chi connectivity index (χ4n) is 3.14. The van der Waals surface area contributed by atoms with Gasteiger partial charge < -0.3 is 9.47 Å². The van der Waals surface area contributed by atoms with Crippen molar-refractivity contribution in [1.29, 1.82) is 0 Å². The maximum atomic E-state index is 12.8. The lowest BCUT2D eigenvalue weighted by Crippen LogP contribution is -2.35. The Morgan fingerprint density at radius 3 is 2.69 bits per heavy atom. The van der Waals surface area contributed by atoms with Crippen LogP contribution in [0.3, 0.4) is 0 Å². The number of hydrogen-bond acceptors (Lipinski definition) is 6. The summed E-state index contributed by atoms with van der Waals surface area (Å²) < 4.78 is 11.2. The molecule has 1 aliphatic heterocycles. The summed E-state index contributed by atoms with van der Waals surface area (Å²) in [6.45, 7) is 4.44. The van der Waals surface area contributed by atoms with E-state index in [1.54, 1.807) is 6.07 Å². The molecule has 2 heterocycles. The summed E-state index contributed by atoms with van der Waals surface area (Å²) in [5.74, 6) is 0.597. The van der Waals surface area contributed by atoms with Gasteiger partial charge in [0.2, 0.25) is 0 Å². The molecule has 0 aliphatic carbocycles. The van der Waals surface area contributed by atoms with E-state index in [0.29, 0.717) is 17.3 Å². The fraction of sp³-hybridized carbons (Fsp3) is 0.273. The Hall–Kier alpha value is -2.74. The van der Waals surface area contributed by atoms with Crippen LogP contribution >= 0.6 is 11.3 Å². The molecule has 2 aromatic carbocycles. The van der Waals surface area contributed by atoms with Crippen molar-refractivity contribution in [1.82, 2.24) is 9.88 Å². The van der Waals surface area contributed by atoms with Crippen LogP contribution in [0.25, 0.3) is 0 Å². The summed E-state index contributed by atoms with van der Waals surface area (Å²) >= 11 is 1.44. The first-order chi connectivity index (χ1) is 14.3. The monoisotopic (exact) mass is 409 g/mol. The molecule has 6 nitrogen and oxygen atoms in total. The van der Waals surface area contributed by atoms with E-state index in [1.807, 2.05) is 53.9 Å². The predicted octanol–water partition coefficient (Wildman–Crippen LogP) is 3.81. The van der Waals surface area contributed by atoms with Gasteiger partial charge in [-0.25, -0.2) is 4.98 Å². The van der Waals surface area contributed by atoms with E-state index in [-0.39, 0.29) is 5.91 Å². The highest BCUT2D eigenvalue weighted by molar-refractivity contribution is 7.14. The first-order valence-corrected chi connectivity index (χ1v) is 10.5. The van der Waals surface area contributed by atoms with Crippen LogP contribution in [0.5, 0.6) is 5.75 Å². The number of morpholine rings is 1. The smallest absolute Gasteiger partial charge is 0.257 e. The van der Waals surface area contributed by atoms with Crippen molar-refractivity contribution in [2.45, 2.75) is 13.2 Å². The summed E-state index contributed by atoms with van der Waals surface area (Å²) in [4.78, 5) is 19.7. The highest BCUT2D eigenvalue weighted by Gasteiger charge is 2.15. The van der Waals surface area contributed by atoms with E-state index in [9.17, 15) is 4.79 Å². The molecule has 1 fully saturated rings. The third kappa shape index (κ3) is 5.41. The maximum Gasteiger partial charge on any atom is 0.257 e. The van der Waals surface area contributed by atoms with Crippen LogP contribution in [0.2, 0.25) is 0 Å². The van der Waals surface area contributed by atoms with Gasteiger partial charge in [-0.1, -0.05) is 36.4 Å². The minimum Gasteiger partial charge on any atom is -0.489 e. The number of aromatic nitrogens is 1. The van der Waals surface area contributed by atoms with Gasteiger partial charge in [0.15, 0.2) is 5.13 Å². The maximum absolute atomic E-state index is 12.8. The zero-order valence-corrected chi connectivity index (χ0v) is 16.9. The molecule has 29 heavy (non-hydrogen) atoms. The van der Waals surface area contributed by atoms with Crippen molar-refractivity contribution >= 4 is 22.4 Å². The van der Waals surface area contributed by atoms with Crippen LogP contribution in [0.4, 0.5) is 5.13 Å². The van der Waals surface area contributed by atoms with Crippen LogP contribution in [0, 0.1) is 0 Å². The number of nitrogens with one attached hydrogen (secondary N) is 1. The quantitative estimate of drug-likeness (QED) is 0.643. The number of rotatable bonds is 7. The predicted molar refractivity (Wildman–Crippen MR) is 113 cm³/mol. The largest absolute Gasteiger partial charge is 0.489 e. The molecule has 4 rings (SSSR count). The minimum atomic E-state index is -0.176. The third-order valence-electron chi connectivity index (χ3n) is 4.66. The highest BCUT2D eigenvalue weighted by atomic mass is 32.1. The third-order valence-corrected chi connectivity index (χ3v) is 5.47. The summed E-state index contributed by atoms with van der Waals surface area (Å²) in [7, 11) is 0. The second-order valence-electron chi connectivity index (χ2n) is 6.75. The van der Waals surface area contributed by atoms with Crippen molar-refractivity contribution in [3.63, 3.8) is 0 Å². The van der Waals surface area contributed by atoms with Crippen molar-refractivity contribution < 1.29 is 14.3 Å². The molecule has 0 bridgehead atoms. The van der Waals surface area contributed by atoms with Crippen molar-refractivity contribution in [2.24, 2.45) is 0 Å². The lowest BCUT2D eigenvalue weighted by Gasteiger charge is -2.25. The molecule has 0 unspecified atom stereocenters. The Morgan fingerprint density at radius 2 is 1.86 bits per heavy atom. The van der Waals surface area contributed by atoms with Crippen LogP contribution in [0.15, 0.2) is 60.0 Å². The SMILES string of the molecule is O=C(Nc1nc(CN2CCOCC2)cs1)c1ccccc1COc1ccccc1. The first kappa shape index (κ1) is 19.6. The Kier molecular flexibility index (Phi) is 6.51. The van der Waals surface area contributed by atoms with E-state index in [1.165, 1.54) is 11.3 Å². The number of carbonyl (C=O) groups excluding carboxylic acids is 1. The zero-order valence-electron chi connectivity index (χ0n) is 16.0. The lowest BCUT2D eigenvalue weighted by molar-refractivity contribution is 0.0337. The molecule has 1 aliphatic rings.